The second-order valence-corrected chi connectivity index (χ2v) is 8.95. The second kappa shape index (κ2) is 5.84. The molecule has 0 fully saturated rings. The number of benzene rings is 2. The predicted octanol–water partition coefficient (Wildman–Crippen LogP) is 7.31. The van der Waals surface area contributed by atoms with Crippen molar-refractivity contribution in [1.82, 2.24) is 4.98 Å². The van der Waals surface area contributed by atoms with Gasteiger partial charge in [0, 0.05) is 27.0 Å². The average molecular weight is 416 g/mol. The fourth-order valence-corrected chi connectivity index (χ4v) is 5.44. The van der Waals surface area contributed by atoms with Crippen LogP contribution in [0.3, 0.4) is 0 Å². The van der Waals surface area contributed by atoms with Gasteiger partial charge in [-0.25, -0.2) is 0 Å². The van der Waals surface area contributed by atoms with Crippen molar-refractivity contribution >= 4 is 43.7 Å². The van der Waals surface area contributed by atoms with Crippen LogP contribution in [0.25, 0.3) is 27.8 Å². The van der Waals surface area contributed by atoms with Crippen LogP contribution in [0.4, 0.5) is 0 Å². The number of hydrogen-bond donors (Lipinski definition) is 1. The zero-order chi connectivity index (χ0) is 18.8. The zero-order valence-electron chi connectivity index (χ0n) is 15.9. The van der Waals surface area contributed by atoms with E-state index >= 15 is 0 Å². The molecule has 1 nitrogen and oxygen atoms in total. The van der Waals surface area contributed by atoms with Crippen LogP contribution in [0.15, 0.2) is 64.8 Å². The fourth-order valence-electron chi connectivity index (χ4n) is 4.77. The SMILES string of the molecule is Cc1cc2c(Br)c3ccc[nH]c3cc2c1C(C)(C)C1=Cc2ccccc2C1. The maximum atomic E-state index is 3.87. The predicted molar refractivity (Wildman–Crippen MR) is 119 cm³/mol. The van der Waals surface area contributed by atoms with E-state index in [1.807, 2.05) is 6.20 Å². The van der Waals surface area contributed by atoms with Crippen LogP contribution in [0, 0.1) is 6.92 Å². The molecule has 4 aromatic rings. The van der Waals surface area contributed by atoms with Crippen LogP contribution in [-0.2, 0) is 11.8 Å². The molecule has 0 saturated heterocycles. The van der Waals surface area contributed by atoms with Crippen LogP contribution in [0.2, 0.25) is 0 Å². The molecule has 1 heterocycles. The molecule has 1 aromatic heterocycles. The van der Waals surface area contributed by atoms with Crippen LogP contribution in [0.1, 0.15) is 36.1 Å². The van der Waals surface area contributed by atoms with Crippen LogP contribution >= 0.6 is 15.9 Å². The monoisotopic (exact) mass is 415 g/mol. The van der Waals surface area contributed by atoms with E-state index in [2.05, 4.69) is 96.3 Å². The van der Waals surface area contributed by atoms with E-state index in [-0.39, 0.29) is 5.41 Å². The van der Waals surface area contributed by atoms with Gasteiger partial charge in [0.1, 0.15) is 0 Å². The summed E-state index contributed by atoms with van der Waals surface area (Å²) in [5, 5.41) is 3.88. The number of pyridine rings is 1. The van der Waals surface area contributed by atoms with E-state index in [0.717, 1.165) is 6.42 Å². The molecule has 0 aliphatic heterocycles. The molecule has 0 unspecified atom stereocenters. The minimum Gasteiger partial charge on any atom is -0.361 e. The summed E-state index contributed by atoms with van der Waals surface area (Å²) in [6.07, 6.45) is 5.43. The molecule has 5 rings (SSSR count). The number of hydrogen-bond acceptors (Lipinski definition) is 0. The summed E-state index contributed by atoms with van der Waals surface area (Å²) in [4.78, 5) is 3.41. The first-order chi connectivity index (χ1) is 13.0. The van der Waals surface area contributed by atoms with E-state index in [9.17, 15) is 0 Å². The Bertz CT molecular complexity index is 1240. The molecule has 2 heteroatoms. The van der Waals surface area contributed by atoms with Gasteiger partial charge >= 0.3 is 0 Å². The molecule has 1 aliphatic carbocycles. The third-order valence-electron chi connectivity index (χ3n) is 6.16. The Morgan fingerprint density at radius 2 is 1.78 bits per heavy atom. The van der Waals surface area contributed by atoms with Crippen molar-refractivity contribution < 1.29 is 0 Å². The minimum atomic E-state index is -0.0211. The number of fused-ring (bicyclic) bond motifs is 3. The van der Waals surface area contributed by atoms with E-state index in [0.29, 0.717) is 0 Å². The third kappa shape index (κ3) is 2.43. The summed E-state index contributed by atoms with van der Waals surface area (Å²) in [5.74, 6) is 0. The average Bonchev–Trinajstić information content (AvgIpc) is 3.23. The van der Waals surface area contributed by atoms with Gasteiger partial charge in [0.05, 0.1) is 0 Å². The number of aryl methyl sites for hydroxylation is 1. The zero-order valence-corrected chi connectivity index (χ0v) is 17.4. The van der Waals surface area contributed by atoms with Crippen molar-refractivity contribution in [3.05, 3.63) is 87.0 Å². The molecule has 0 saturated carbocycles. The minimum absolute atomic E-state index is 0.0211. The lowest BCUT2D eigenvalue weighted by molar-refractivity contribution is 0.618. The number of aromatic amines is 1. The molecule has 3 aromatic carbocycles. The smallest absolute Gasteiger partial charge is 0.0471 e. The van der Waals surface area contributed by atoms with E-state index < -0.39 is 0 Å². The molecule has 1 N–H and O–H groups in total. The maximum absolute atomic E-state index is 3.87. The van der Waals surface area contributed by atoms with Crippen molar-refractivity contribution in [1.29, 1.82) is 0 Å². The first kappa shape index (κ1) is 16.8. The van der Waals surface area contributed by atoms with Crippen molar-refractivity contribution in [2.24, 2.45) is 0 Å². The first-order valence-electron chi connectivity index (χ1n) is 9.45. The molecule has 0 radical (unpaired) electrons. The quantitative estimate of drug-likeness (QED) is 0.353. The van der Waals surface area contributed by atoms with Crippen LogP contribution < -0.4 is 0 Å². The second-order valence-electron chi connectivity index (χ2n) is 8.16. The molecule has 0 spiro atoms. The Morgan fingerprint density at radius 3 is 2.59 bits per heavy atom. The summed E-state index contributed by atoms with van der Waals surface area (Å²) in [7, 11) is 0. The van der Waals surface area contributed by atoms with Gasteiger partial charge in [-0.1, -0.05) is 55.8 Å². The lowest BCUT2D eigenvalue weighted by atomic mass is 9.75. The summed E-state index contributed by atoms with van der Waals surface area (Å²) in [6, 6.07) is 17.6. The number of H-pyrrole nitrogens is 1. The summed E-state index contributed by atoms with van der Waals surface area (Å²) in [6.45, 7) is 7.00. The molecule has 0 bridgehead atoms. The Morgan fingerprint density at radius 1 is 0.963 bits per heavy atom. The molecular formula is C25H22BrN. The van der Waals surface area contributed by atoms with Crippen molar-refractivity contribution in [2.45, 2.75) is 32.6 Å². The topological polar surface area (TPSA) is 15.8 Å². The molecule has 27 heavy (non-hydrogen) atoms. The van der Waals surface area contributed by atoms with Crippen molar-refractivity contribution in [3.63, 3.8) is 0 Å². The third-order valence-corrected chi connectivity index (χ3v) is 7.01. The molecular weight excluding hydrogens is 394 g/mol. The Labute approximate surface area is 168 Å². The van der Waals surface area contributed by atoms with E-state index in [1.165, 1.54) is 54.0 Å². The summed E-state index contributed by atoms with van der Waals surface area (Å²) in [5.41, 5.74) is 8.25. The van der Waals surface area contributed by atoms with Gasteiger partial charge in [-0.2, -0.15) is 0 Å². The number of halogens is 1. The standard InChI is InChI=1S/C25H22BrN/c1-15-11-21-20(14-22-19(24(21)26)9-6-10-27-22)23(15)25(2,3)18-12-16-7-4-5-8-17(16)13-18/h4-12,14,27H,13H2,1-3H3. The molecule has 1 aliphatic rings. The van der Waals surface area contributed by atoms with Crippen LogP contribution in [-0.4, -0.2) is 4.98 Å². The molecule has 134 valence electrons. The van der Waals surface area contributed by atoms with Crippen LogP contribution in [0.5, 0.6) is 0 Å². The summed E-state index contributed by atoms with van der Waals surface area (Å²) < 4.78 is 1.18. The normalized spacial score (nSPS) is 14.0. The van der Waals surface area contributed by atoms with Gasteiger partial charge in [-0.3, -0.25) is 0 Å². The molecule has 0 atom stereocenters. The van der Waals surface area contributed by atoms with Gasteiger partial charge in [-0.05, 0) is 80.5 Å². The Balaban J connectivity index is 1.74. The largest absolute Gasteiger partial charge is 0.361 e. The number of rotatable bonds is 2. The highest BCUT2D eigenvalue weighted by molar-refractivity contribution is 9.10. The first-order valence-corrected chi connectivity index (χ1v) is 10.2. The Hall–Kier alpha value is -2.32. The van der Waals surface area contributed by atoms with Gasteiger partial charge < -0.3 is 4.98 Å². The van der Waals surface area contributed by atoms with Gasteiger partial charge in [0.2, 0.25) is 0 Å². The van der Waals surface area contributed by atoms with Crippen molar-refractivity contribution in [3.8, 4) is 0 Å². The highest BCUT2D eigenvalue weighted by Gasteiger charge is 2.33. The number of allylic oxidation sites excluding steroid dienone is 1. The highest BCUT2D eigenvalue weighted by atomic mass is 79.9. The maximum Gasteiger partial charge on any atom is 0.0471 e. The summed E-state index contributed by atoms with van der Waals surface area (Å²) >= 11 is 3.87. The number of aromatic nitrogens is 1. The van der Waals surface area contributed by atoms with Crippen molar-refractivity contribution in [2.75, 3.05) is 0 Å². The van der Waals surface area contributed by atoms with Gasteiger partial charge in [0.15, 0.2) is 0 Å². The Kier molecular flexibility index (Phi) is 3.64. The lowest BCUT2D eigenvalue weighted by Crippen LogP contribution is -2.21. The number of nitrogens with one attached hydrogen (secondary N) is 1. The van der Waals surface area contributed by atoms with Gasteiger partial charge in [-0.15, -0.1) is 0 Å². The fraction of sp³-hybridized carbons (Fsp3) is 0.200. The van der Waals surface area contributed by atoms with E-state index in [1.54, 1.807) is 0 Å². The van der Waals surface area contributed by atoms with Gasteiger partial charge in [0.25, 0.3) is 0 Å². The lowest BCUT2D eigenvalue weighted by Gasteiger charge is -2.28. The highest BCUT2D eigenvalue weighted by Crippen LogP contribution is 2.46. The molecule has 0 amide bonds. The van der Waals surface area contributed by atoms with E-state index in [4.69, 9.17) is 0 Å².